The Kier molecular flexibility index (Phi) is 3.85. The number of halogens is 1. The summed E-state index contributed by atoms with van der Waals surface area (Å²) in [5, 5.41) is 0. The summed E-state index contributed by atoms with van der Waals surface area (Å²) >= 11 is 0. The standard InChI is InChI=1S/C18H22FN7O/c1-10-6-25(8-14(10)19)18-23-15(11-4-21-17(20)22-5-11)3-16(24-18)26-7-13-2-12(26)9-27-13/h3-5,10,12-14H,2,6-9H2,1H3,(H2,20,21,22)/t10-,12-,13-,14+/m0/s1. The van der Waals surface area contributed by atoms with Crippen LogP contribution in [-0.2, 0) is 4.74 Å². The Hall–Kier alpha value is -2.55. The largest absolute Gasteiger partial charge is 0.374 e. The first-order chi connectivity index (χ1) is 13.1. The second-order valence-corrected chi connectivity index (χ2v) is 7.64. The van der Waals surface area contributed by atoms with Crippen molar-refractivity contribution in [3.63, 3.8) is 0 Å². The molecule has 5 heterocycles. The van der Waals surface area contributed by atoms with E-state index in [0.29, 0.717) is 30.8 Å². The van der Waals surface area contributed by atoms with Crippen molar-refractivity contribution in [2.24, 2.45) is 5.92 Å². The van der Waals surface area contributed by atoms with E-state index < -0.39 is 6.17 Å². The zero-order valence-corrected chi connectivity index (χ0v) is 15.1. The lowest BCUT2D eigenvalue weighted by Crippen LogP contribution is -2.38. The molecule has 9 heteroatoms. The number of fused-ring (bicyclic) bond motifs is 2. The normalized spacial score (nSPS) is 29.7. The lowest BCUT2D eigenvalue weighted by atomic mass is 10.1. The van der Waals surface area contributed by atoms with Gasteiger partial charge in [0, 0.05) is 43.0 Å². The smallest absolute Gasteiger partial charge is 0.227 e. The highest BCUT2D eigenvalue weighted by Gasteiger charge is 2.40. The Morgan fingerprint density at radius 2 is 2.00 bits per heavy atom. The highest BCUT2D eigenvalue weighted by atomic mass is 19.1. The number of ether oxygens (including phenoxy) is 1. The number of nitrogens with two attached hydrogens (primary N) is 1. The number of nitrogens with zero attached hydrogens (tertiary/aromatic N) is 6. The van der Waals surface area contributed by atoms with Crippen LogP contribution in [0.2, 0.25) is 0 Å². The molecule has 2 aromatic heterocycles. The molecule has 5 rings (SSSR count). The van der Waals surface area contributed by atoms with Crippen molar-refractivity contribution >= 4 is 17.7 Å². The average molecular weight is 371 g/mol. The van der Waals surface area contributed by atoms with Gasteiger partial charge in [0.15, 0.2) is 0 Å². The second-order valence-electron chi connectivity index (χ2n) is 7.64. The van der Waals surface area contributed by atoms with Crippen molar-refractivity contribution in [3.8, 4) is 11.3 Å². The minimum Gasteiger partial charge on any atom is -0.374 e. The van der Waals surface area contributed by atoms with Crippen LogP contribution in [-0.4, -0.2) is 64.5 Å². The van der Waals surface area contributed by atoms with Crippen LogP contribution in [0, 0.1) is 5.92 Å². The number of anilines is 3. The fourth-order valence-corrected chi connectivity index (χ4v) is 4.10. The Bertz CT molecular complexity index is 838. The van der Waals surface area contributed by atoms with Crippen molar-refractivity contribution in [2.75, 3.05) is 41.8 Å². The molecule has 0 aromatic carbocycles. The van der Waals surface area contributed by atoms with Gasteiger partial charge in [0.2, 0.25) is 11.9 Å². The molecule has 2 N–H and O–H groups in total. The molecule has 8 nitrogen and oxygen atoms in total. The van der Waals surface area contributed by atoms with Gasteiger partial charge >= 0.3 is 0 Å². The van der Waals surface area contributed by atoms with Crippen LogP contribution in [0.3, 0.4) is 0 Å². The molecule has 2 bridgehead atoms. The minimum atomic E-state index is -0.864. The number of morpholine rings is 1. The maximum absolute atomic E-state index is 14.1. The van der Waals surface area contributed by atoms with Gasteiger partial charge in [-0.3, -0.25) is 0 Å². The Morgan fingerprint density at radius 3 is 2.63 bits per heavy atom. The molecule has 3 aliphatic rings. The summed E-state index contributed by atoms with van der Waals surface area (Å²) in [5.41, 5.74) is 7.09. The van der Waals surface area contributed by atoms with E-state index in [0.717, 1.165) is 31.0 Å². The van der Waals surface area contributed by atoms with E-state index in [2.05, 4.69) is 19.9 Å². The third-order valence-corrected chi connectivity index (χ3v) is 5.67. The zero-order valence-electron chi connectivity index (χ0n) is 15.1. The number of nitrogen functional groups attached to an aromatic ring is 1. The Labute approximate surface area is 156 Å². The quantitative estimate of drug-likeness (QED) is 0.863. The number of hydrogen-bond acceptors (Lipinski definition) is 8. The topological polar surface area (TPSA) is 93.3 Å². The predicted octanol–water partition coefficient (Wildman–Crippen LogP) is 1.29. The number of rotatable bonds is 3. The molecule has 0 spiro atoms. The molecule has 0 aliphatic carbocycles. The summed E-state index contributed by atoms with van der Waals surface area (Å²) in [6.07, 6.45) is 3.73. The van der Waals surface area contributed by atoms with E-state index in [1.165, 1.54) is 0 Å². The van der Waals surface area contributed by atoms with Gasteiger partial charge in [0.1, 0.15) is 12.0 Å². The summed E-state index contributed by atoms with van der Waals surface area (Å²) in [4.78, 5) is 21.8. The Morgan fingerprint density at radius 1 is 1.19 bits per heavy atom. The van der Waals surface area contributed by atoms with E-state index in [4.69, 9.17) is 15.5 Å². The van der Waals surface area contributed by atoms with Gasteiger partial charge in [-0.1, -0.05) is 6.92 Å². The fourth-order valence-electron chi connectivity index (χ4n) is 4.10. The van der Waals surface area contributed by atoms with Crippen LogP contribution in [0.25, 0.3) is 11.3 Å². The molecule has 3 fully saturated rings. The SMILES string of the molecule is C[C@H]1CN(c2nc(-c3cnc(N)nc3)cc(N3C[C@@H]4C[C@H]3CO4)n2)C[C@H]1F. The van der Waals surface area contributed by atoms with E-state index in [9.17, 15) is 4.39 Å². The van der Waals surface area contributed by atoms with E-state index in [-0.39, 0.29) is 18.0 Å². The first-order valence-electron chi connectivity index (χ1n) is 9.31. The summed E-state index contributed by atoms with van der Waals surface area (Å²) in [6, 6.07) is 2.28. The first-order valence-corrected chi connectivity index (χ1v) is 9.31. The molecule has 4 atom stereocenters. The number of hydrogen-bond donors (Lipinski definition) is 1. The Balaban J connectivity index is 1.55. The minimum absolute atomic E-state index is 0.0308. The summed E-state index contributed by atoms with van der Waals surface area (Å²) in [5.74, 6) is 1.58. The maximum Gasteiger partial charge on any atom is 0.227 e. The molecule has 0 saturated carbocycles. The molecule has 0 radical (unpaired) electrons. The van der Waals surface area contributed by atoms with Crippen LogP contribution < -0.4 is 15.5 Å². The molecule has 2 aromatic rings. The molecular formula is C18H22FN7O. The van der Waals surface area contributed by atoms with Gasteiger partial charge in [-0.2, -0.15) is 4.98 Å². The predicted molar refractivity (Wildman–Crippen MR) is 99.2 cm³/mol. The van der Waals surface area contributed by atoms with Gasteiger partial charge in [0.05, 0.1) is 31.0 Å². The van der Waals surface area contributed by atoms with E-state index in [1.807, 2.05) is 17.9 Å². The van der Waals surface area contributed by atoms with Gasteiger partial charge in [-0.25, -0.2) is 19.3 Å². The monoisotopic (exact) mass is 371 g/mol. The number of aromatic nitrogens is 4. The molecule has 3 saturated heterocycles. The van der Waals surface area contributed by atoms with Crippen molar-refractivity contribution in [3.05, 3.63) is 18.5 Å². The van der Waals surface area contributed by atoms with Crippen LogP contribution in [0.4, 0.5) is 22.1 Å². The maximum atomic E-state index is 14.1. The highest BCUT2D eigenvalue weighted by Crippen LogP contribution is 2.34. The van der Waals surface area contributed by atoms with Gasteiger partial charge in [0.25, 0.3) is 0 Å². The van der Waals surface area contributed by atoms with Crippen molar-refractivity contribution < 1.29 is 9.13 Å². The van der Waals surface area contributed by atoms with E-state index >= 15 is 0 Å². The van der Waals surface area contributed by atoms with Gasteiger partial charge in [-0.15, -0.1) is 0 Å². The summed E-state index contributed by atoms with van der Waals surface area (Å²) in [6.45, 7) is 4.38. The molecule has 0 unspecified atom stereocenters. The van der Waals surface area contributed by atoms with Crippen molar-refractivity contribution in [1.82, 2.24) is 19.9 Å². The molecule has 27 heavy (non-hydrogen) atoms. The molecule has 142 valence electrons. The summed E-state index contributed by atoms with van der Waals surface area (Å²) in [7, 11) is 0. The van der Waals surface area contributed by atoms with Gasteiger partial charge in [-0.05, 0) is 6.42 Å². The summed E-state index contributed by atoms with van der Waals surface area (Å²) < 4.78 is 19.8. The zero-order chi connectivity index (χ0) is 18.5. The lowest BCUT2D eigenvalue weighted by Gasteiger charge is -2.29. The highest BCUT2D eigenvalue weighted by molar-refractivity contribution is 5.65. The third-order valence-electron chi connectivity index (χ3n) is 5.67. The number of alkyl halides is 1. The van der Waals surface area contributed by atoms with Gasteiger partial charge < -0.3 is 20.3 Å². The molecular weight excluding hydrogens is 349 g/mol. The lowest BCUT2D eigenvalue weighted by molar-refractivity contribution is 0.0989. The van der Waals surface area contributed by atoms with Crippen LogP contribution in [0.1, 0.15) is 13.3 Å². The van der Waals surface area contributed by atoms with Crippen molar-refractivity contribution in [2.45, 2.75) is 31.7 Å². The van der Waals surface area contributed by atoms with Crippen molar-refractivity contribution in [1.29, 1.82) is 0 Å². The fraction of sp³-hybridized carbons (Fsp3) is 0.556. The van der Waals surface area contributed by atoms with Crippen LogP contribution >= 0.6 is 0 Å². The molecule has 3 aliphatic heterocycles. The molecule has 0 amide bonds. The second kappa shape index (κ2) is 6.26. The van der Waals surface area contributed by atoms with E-state index in [1.54, 1.807) is 12.4 Å². The first kappa shape index (κ1) is 16.6. The van der Waals surface area contributed by atoms with Crippen LogP contribution in [0.5, 0.6) is 0 Å². The average Bonchev–Trinajstić information content (AvgIpc) is 3.39. The van der Waals surface area contributed by atoms with Crippen LogP contribution in [0.15, 0.2) is 18.5 Å². The third kappa shape index (κ3) is 2.95.